The molecule has 1 aromatic rings. The van der Waals surface area contributed by atoms with Crippen LogP contribution in [-0.4, -0.2) is 28.5 Å². The average Bonchev–Trinajstić information content (AvgIpc) is 3.19. The molecule has 2 N–H and O–H groups in total. The Morgan fingerprint density at radius 2 is 1.95 bits per heavy atom. The Bertz CT molecular complexity index is 643. The van der Waals surface area contributed by atoms with Gasteiger partial charge in [0.05, 0.1) is 22.0 Å². The Morgan fingerprint density at radius 3 is 2.43 bits per heavy atom. The van der Waals surface area contributed by atoms with Crippen molar-refractivity contribution in [3.05, 3.63) is 39.4 Å². The first kappa shape index (κ1) is 14.8. The van der Waals surface area contributed by atoms with Gasteiger partial charge in [-0.15, -0.1) is 0 Å². The Morgan fingerprint density at radius 1 is 1.33 bits per heavy atom. The molecule has 112 valence electrons. The number of rotatable bonds is 5. The highest BCUT2D eigenvalue weighted by molar-refractivity contribution is 5.95. The van der Waals surface area contributed by atoms with Gasteiger partial charge in [0.2, 0.25) is 5.82 Å². The molecule has 21 heavy (non-hydrogen) atoms. The number of hydrogen-bond acceptors (Lipinski definition) is 4. The number of carboxylic acid groups (broad SMARTS) is 1. The number of nitro groups is 1. The molecule has 2 rings (SSSR count). The molecule has 0 aliphatic heterocycles. The Labute approximate surface area is 116 Å². The number of nitro benzene ring substituents is 1. The van der Waals surface area contributed by atoms with Crippen LogP contribution in [-0.2, 0) is 4.79 Å². The average molecular weight is 300 g/mol. The first-order valence-corrected chi connectivity index (χ1v) is 5.92. The number of nitrogens with zero attached hydrogens (tertiary/aromatic N) is 1. The molecule has 0 unspecified atom stereocenters. The molecule has 1 aliphatic carbocycles. The van der Waals surface area contributed by atoms with Crippen LogP contribution in [0.3, 0.4) is 0 Å². The molecule has 9 heteroatoms. The molecule has 0 spiro atoms. The van der Waals surface area contributed by atoms with Gasteiger partial charge in [-0.2, -0.15) is 4.39 Å². The number of nitrogens with one attached hydrogen (secondary N) is 1. The fourth-order valence-corrected chi connectivity index (χ4v) is 1.81. The highest BCUT2D eigenvalue weighted by Gasteiger charge is 2.50. The number of carboxylic acids is 1. The minimum absolute atomic E-state index is 0.209. The van der Waals surface area contributed by atoms with E-state index in [9.17, 15) is 28.5 Å². The van der Waals surface area contributed by atoms with E-state index in [1.54, 1.807) is 0 Å². The van der Waals surface area contributed by atoms with Crippen LogP contribution in [0.1, 0.15) is 23.2 Å². The molecule has 1 amide bonds. The van der Waals surface area contributed by atoms with Crippen LogP contribution in [0, 0.1) is 27.2 Å². The van der Waals surface area contributed by atoms with E-state index in [1.807, 2.05) is 0 Å². The largest absolute Gasteiger partial charge is 0.481 e. The molecule has 1 aliphatic rings. The summed E-state index contributed by atoms with van der Waals surface area (Å²) in [6.45, 7) is -0.209. The summed E-state index contributed by atoms with van der Waals surface area (Å²) >= 11 is 0. The second-order valence-corrected chi connectivity index (χ2v) is 4.81. The van der Waals surface area contributed by atoms with Crippen molar-refractivity contribution in [3.8, 4) is 0 Å². The van der Waals surface area contributed by atoms with Crippen LogP contribution >= 0.6 is 0 Å². The van der Waals surface area contributed by atoms with Crippen molar-refractivity contribution in [2.75, 3.05) is 6.54 Å². The van der Waals surface area contributed by atoms with Crippen LogP contribution < -0.4 is 5.32 Å². The van der Waals surface area contributed by atoms with E-state index in [0.717, 1.165) is 0 Å². The van der Waals surface area contributed by atoms with E-state index < -0.39 is 45.1 Å². The van der Waals surface area contributed by atoms with Crippen molar-refractivity contribution in [2.24, 2.45) is 5.41 Å². The van der Waals surface area contributed by atoms with Gasteiger partial charge in [-0.3, -0.25) is 19.7 Å². The zero-order valence-electron chi connectivity index (χ0n) is 10.6. The topological polar surface area (TPSA) is 110 Å². The Balaban J connectivity index is 2.15. The molecule has 0 saturated heterocycles. The summed E-state index contributed by atoms with van der Waals surface area (Å²) in [6, 6.07) is 0.734. The van der Waals surface area contributed by atoms with Crippen LogP contribution in [0.5, 0.6) is 0 Å². The molecule has 0 atom stereocenters. The molecular weight excluding hydrogens is 290 g/mol. The number of benzene rings is 1. The van der Waals surface area contributed by atoms with E-state index >= 15 is 0 Å². The summed E-state index contributed by atoms with van der Waals surface area (Å²) in [6.07, 6.45) is 0.777. The lowest BCUT2D eigenvalue weighted by Gasteiger charge is -2.11. The monoisotopic (exact) mass is 300 g/mol. The van der Waals surface area contributed by atoms with E-state index in [2.05, 4.69) is 5.32 Å². The third-order valence-electron chi connectivity index (χ3n) is 3.37. The summed E-state index contributed by atoms with van der Waals surface area (Å²) in [5.41, 5.74) is -2.83. The number of amides is 1. The van der Waals surface area contributed by atoms with Crippen molar-refractivity contribution in [1.82, 2.24) is 5.32 Å². The zero-order chi connectivity index (χ0) is 15.8. The molecule has 0 heterocycles. The minimum Gasteiger partial charge on any atom is -0.481 e. The maximum absolute atomic E-state index is 13.6. The standard InChI is InChI=1S/C12H10F2N2O5/c13-7-4-9(16(20)21)8(14)3-6(7)10(17)15-5-12(1-2-12)11(18)19/h3-4H,1-2,5H2,(H,15,17)(H,18,19). The normalized spacial score (nSPS) is 15.3. The van der Waals surface area contributed by atoms with Crippen molar-refractivity contribution in [2.45, 2.75) is 12.8 Å². The predicted octanol–water partition coefficient (Wildman–Crippen LogP) is 1.47. The fraction of sp³-hybridized carbons (Fsp3) is 0.333. The second kappa shape index (κ2) is 5.08. The maximum Gasteiger partial charge on any atom is 0.311 e. The number of carbonyl (C=O) groups is 2. The molecule has 0 aromatic heterocycles. The lowest BCUT2D eigenvalue weighted by molar-refractivity contribution is -0.387. The van der Waals surface area contributed by atoms with Gasteiger partial charge in [0.15, 0.2) is 0 Å². The van der Waals surface area contributed by atoms with Gasteiger partial charge in [0.1, 0.15) is 5.82 Å². The third-order valence-corrected chi connectivity index (χ3v) is 3.37. The van der Waals surface area contributed by atoms with Gasteiger partial charge in [-0.1, -0.05) is 0 Å². The fourth-order valence-electron chi connectivity index (χ4n) is 1.81. The van der Waals surface area contributed by atoms with Crippen LogP contribution in [0.15, 0.2) is 12.1 Å². The SMILES string of the molecule is O=C(NCC1(C(=O)O)CC1)c1cc(F)c([N+](=O)[O-])cc1F. The summed E-state index contributed by atoms with van der Waals surface area (Å²) in [7, 11) is 0. The van der Waals surface area contributed by atoms with Crippen LogP contribution in [0.2, 0.25) is 0 Å². The predicted molar refractivity (Wildman–Crippen MR) is 64.6 cm³/mol. The van der Waals surface area contributed by atoms with Gasteiger partial charge in [0, 0.05) is 6.54 Å². The van der Waals surface area contributed by atoms with E-state index in [-0.39, 0.29) is 6.54 Å². The third kappa shape index (κ3) is 2.81. The molecule has 0 bridgehead atoms. The number of aliphatic carboxylic acids is 1. The highest BCUT2D eigenvalue weighted by atomic mass is 19.1. The van der Waals surface area contributed by atoms with Gasteiger partial charge >= 0.3 is 11.7 Å². The number of halogens is 2. The Kier molecular flexibility index (Phi) is 3.58. The lowest BCUT2D eigenvalue weighted by Crippen LogP contribution is -2.34. The summed E-state index contributed by atoms with van der Waals surface area (Å²) in [5.74, 6) is -4.68. The summed E-state index contributed by atoms with van der Waals surface area (Å²) < 4.78 is 27.0. The first-order chi connectivity index (χ1) is 9.77. The maximum atomic E-state index is 13.6. The van der Waals surface area contributed by atoms with E-state index in [4.69, 9.17) is 5.11 Å². The molecule has 1 saturated carbocycles. The summed E-state index contributed by atoms with van der Waals surface area (Å²) in [4.78, 5) is 31.9. The van der Waals surface area contributed by atoms with Crippen molar-refractivity contribution in [3.63, 3.8) is 0 Å². The lowest BCUT2D eigenvalue weighted by atomic mass is 10.1. The first-order valence-electron chi connectivity index (χ1n) is 5.92. The van der Waals surface area contributed by atoms with Crippen molar-refractivity contribution < 1.29 is 28.4 Å². The molecule has 0 radical (unpaired) electrons. The van der Waals surface area contributed by atoms with Gasteiger partial charge in [-0.25, -0.2) is 4.39 Å². The number of hydrogen-bond donors (Lipinski definition) is 2. The van der Waals surface area contributed by atoms with Crippen LogP contribution in [0.25, 0.3) is 0 Å². The van der Waals surface area contributed by atoms with Crippen molar-refractivity contribution in [1.29, 1.82) is 0 Å². The van der Waals surface area contributed by atoms with E-state index in [1.165, 1.54) is 0 Å². The van der Waals surface area contributed by atoms with Crippen LogP contribution in [0.4, 0.5) is 14.5 Å². The van der Waals surface area contributed by atoms with Gasteiger partial charge < -0.3 is 10.4 Å². The molecule has 7 nitrogen and oxygen atoms in total. The minimum atomic E-state index is -1.34. The van der Waals surface area contributed by atoms with Gasteiger partial charge in [0.25, 0.3) is 5.91 Å². The second-order valence-electron chi connectivity index (χ2n) is 4.81. The summed E-state index contributed by atoms with van der Waals surface area (Å²) in [5, 5.41) is 21.6. The molecular formula is C12H10F2N2O5. The molecule has 1 aromatic carbocycles. The van der Waals surface area contributed by atoms with Crippen molar-refractivity contribution >= 4 is 17.6 Å². The smallest absolute Gasteiger partial charge is 0.311 e. The number of carbonyl (C=O) groups excluding carboxylic acids is 1. The quantitative estimate of drug-likeness (QED) is 0.632. The highest BCUT2D eigenvalue weighted by Crippen LogP contribution is 2.45. The van der Waals surface area contributed by atoms with Gasteiger partial charge in [-0.05, 0) is 18.9 Å². The Hall–Kier alpha value is -2.58. The van der Waals surface area contributed by atoms with E-state index in [0.29, 0.717) is 25.0 Å². The molecule has 1 fully saturated rings. The zero-order valence-corrected chi connectivity index (χ0v) is 10.6.